The summed E-state index contributed by atoms with van der Waals surface area (Å²) in [7, 11) is 1.41. The number of anilines is 1. The van der Waals surface area contributed by atoms with E-state index >= 15 is 0 Å². The van der Waals surface area contributed by atoms with Crippen molar-refractivity contribution in [2.24, 2.45) is 5.41 Å². The largest absolute Gasteiger partial charge is 0.495 e. The number of aromatic carboxylic acids is 1. The van der Waals surface area contributed by atoms with Crippen LogP contribution in [-0.2, 0) is 4.79 Å². The van der Waals surface area contributed by atoms with Crippen LogP contribution < -0.4 is 10.1 Å². The van der Waals surface area contributed by atoms with Crippen molar-refractivity contribution in [3.05, 3.63) is 23.3 Å². The number of carbonyl (C=O) groups is 2. The molecule has 0 aliphatic carbocycles. The van der Waals surface area contributed by atoms with Gasteiger partial charge in [0.05, 0.1) is 12.8 Å². The monoisotopic (exact) mass is 265 g/mol. The summed E-state index contributed by atoms with van der Waals surface area (Å²) in [4.78, 5) is 23.3. The minimum atomic E-state index is -1.13. The predicted molar refractivity (Wildman–Crippen MR) is 72.8 cm³/mol. The molecule has 0 saturated carbocycles. The standard InChI is InChI=1S/C14H19NO4/c1-8-6-7-9(15-13(18)14(2,3)4)10(12(16)17)11(8)19-5/h6-7H,1-5H3,(H,15,18)(H,16,17). The molecule has 0 aliphatic rings. The van der Waals surface area contributed by atoms with Crippen molar-refractivity contribution >= 4 is 17.6 Å². The highest BCUT2D eigenvalue weighted by Crippen LogP contribution is 2.31. The Kier molecular flexibility index (Phi) is 4.19. The fourth-order valence-corrected chi connectivity index (χ4v) is 1.58. The second-order valence-corrected chi connectivity index (χ2v) is 5.35. The summed E-state index contributed by atoms with van der Waals surface area (Å²) in [6, 6.07) is 3.29. The number of methoxy groups -OCH3 is 1. The predicted octanol–water partition coefficient (Wildman–Crippen LogP) is 2.69. The molecule has 104 valence electrons. The van der Waals surface area contributed by atoms with E-state index in [4.69, 9.17) is 4.74 Å². The van der Waals surface area contributed by atoms with E-state index in [1.165, 1.54) is 7.11 Å². The first-order valence-corrected chi connectivity index (χ1v) is 5.90. The molecule has 0 unspecified atom stereocenters. The molecule has 0 heterocycles. The van der Waals surface area contributed by atoms with Gasteiger partial charge in [-0.1, -0.05) is 26.8 Å². The van der Waals surface area contributed by atoms with Gasteiger partial charge in [-0.2, -0.15) is 0 Å². The molecular formula is C14H19NO4. The lowest BCUT2D eigenvalue weighted by Gasteiger charge is -2.20. The van der Waals surface area contributed by atoms with E-state index in [-0.39, 0.29) is 22.9 Å². The summed E-state index contributed by atoms with van der Waals surface area (Å²) in [5.41, 5.74) is 0.317. The Morgan fingerprint density at radius 2 is 1.84 bits per heavy atom. The van der Waals surface area contributed by atoms with E-state index in [1.54, 1.807) is 39.8 Å². The molecule has 5 nitrogen and oxygen atoms in total. The van der Waals surface area contributed by atoms with Gasteiger partial charge in [-0.05, 0) is 18.6 Å². The van der Waals surface area contributed by atoms with Crippen LogP contribution in [0.25, 0.3) is 0 Å². The van der Waals surface area contributed by atoms with Crippen molar-refractivity contribution in [2.45, 2.75) is 27.7 Å². The SMILES string of the molecule is COc1c(C)ccc(NC(=O)C(C)(C)C)c1C(=O)O. The third-order valence-electron chi connectivity index (χ3n) is 2.70. The normalized spacial score (nSPS) is 11.0. The average molecular weight is 265 g/mol. The molecule has 1 aromatic carbocycles. The number of aryl methyl sites for hydroxylation is 1. The third kappa shape index (κ3) is 3.24. The second kappa shape index (κ2) is 5.30. The van der Waals surface area contributed by atoms with E-state index in [9.17, 15) is 14.7 Å². The smallest absolute Gasteiger partial charge is 0.341 e. The topological polar surface area (TPSA) is 75.6 Å². The summed E-state index contributed by atoms with van der Waals surface area (Å²) < 4.78 is 5.11. The van der Waals surface area contributed by atoms with Crippen molar-refractivity contribution in [1.82, 2.24) is 0 Å². The summed E-state index contributed by atoms with van der Waals surface area (Å²) in [6.07, 6.45) is 0. The Hall–Kier alpha value is -2.04. The number of nitrogens with one attached hydrogen (secondary N) is 1. The maximum atomic E-state index is 11.9. The van der Waals surface area contributed by atoms with Gasteiger partial charge in [0.15, 0.2) is 0 Å². The van der Waals surface area contributed by atoms with Gasteiger partial charge < -0.3 is 15.2 Å². The van der Waals surface area contributed by atoms with Crippen molar-refractivity contribution < 1.29 is 19.4 Å². The number of benzene rings is 1. The fourth-order valence-electron chi connectivity index (χ4n) is 1.58. The van der Waals surface area contributed by atoms with Gasteiger partial charge in [-0.25, -0.2) is 4.79 Å². The van der Waals surface area contributed by atoms with Crippen LogP contribution in [0.15, 0.2) is 12.1 Å². The number of carbonyl (C=O) groups excluding carboxylic acids is 1. The number of amides is 1. The average Bonchev–Trinajstić information content (AvgIpc) is 2.29. The molecule has 2 N–H and O–H groups in total. The number of hydrogen-bond acceptors (Lipinski definition) is 3. The zero-order valence-electron chi connectivity index (χ0n) is 11.8. The number of hydrogen-bond donors (Lipinski definition) is 2. The number of carboxylic acid groups (broad SMARTS) is 1. The maximum Gasteiger partial charge on any atom is 0.341 e. The minimum absolute atomic E-state index is 0.0277. The van der Waals surface area contributed by atoms with E-state index < -0.39 is 11.4 Å². The summed E-state index contributed by atoms with van der Waals surface area (Å²) >= 11 is 0. The van der Waals surface area contributed by atoms with Gasteiger partial charge in [0.2, 0.25) is 5.91 Å². The molecule has 0 fully saturated rings. The van der Waals surface area contributed by atoms with E-state index in [1.807, 2.05) is 0 Å². The molecule has 1 rings (SSSR count). The van der Waals surface area contributed by atoms with Crippen LogP contribution in [0.4, 0.5) is 5.69 Å². The lowest BCUT2D eigenvalue weighted by Crippen LogP contribution is -2.28. The zero-order chi connectivity index (χ0) is 14.8. The molecule has 19 heavy (non-hydrogen) atoms. The van der Waals surface area contributed by atoms with E-state index in [0.717, 1.165) is 0 Å². The third-order valence-corrected chi connectivity index (χ3v) is 2.70. The quantitative estimate of drug-likeness (QED) is 0.881. The molecule has 1 aromatic rings. The second-order valence-electron chi connectivity index (χ2n) is 5.35. The Morgan fingerprint density at radius 1 is 1.26 bits per heavy atom. The molecule has 0 atom stereocenters. The van der Waals surface area contributed by atoms with Crippen molar-refractivity contribution in [3.8, 4) is 5.75 Å². The Morgan fingerprint density at radius 3 is 2.26 bits per heavy atom. The van der Waals surface area contributed by atoms with Crippen LogP contribution in [0.1, 0.15) is 36.7 Å². The maximum absolute atomic E-state index is 11.9. The molecule has 0 bridgehead atoms. The molecule has 1 amide bonds. The van der Waals surface area contributed by atoms with Crippen molar-refractivity contribution in [1.29, 1.82) is 0 Å². The van der Waals surface area contributed by atoms with Crippen LogP contribution in [0.3, 0.4) is 0 Å². The molecule has 5 heteroatoms. The first kappa shape index (κ1) is 15.0. The van der Waals surface area contributed by atoms with Gasteiger partial charge in [0.25, 0.3) is 0 Å². The molecule has 0 saturated heterocycles. The first-order valence-electron chi connectivity index (χ1n) is 5.90. The molecule has 0 aromatic heterocycles. The molecule has 0 spiro atoms. The van der Waals surface area contributed by atoms with Gasteiger partial charge in [-0.15, -0.1) is 0 Å². The van der Waals surface area contributed by atoms with Gasteiger partial charge in [0.1, 0.15) is 11.3 Å². The van der Waals surface area contributed by atoms with Gasteiger partial charge in [0, 0.05) is 5.41 Å². The van der Waals surface area contributed by atoms with E-state index in [0.29, 0.717) is 5.56 Å². The summed E-state index contributed by atoms with van der Waals surface area (Å²) in [5, 5.41) is 11.9. The van der Waals surface area contributed by atoms with Crippen molar-refractivity contribution in [3.63, 3.8) is 0 Å². The lowest BCUT2D eigenvalue weighted by molar-refractivity contribution is -0.123. The molecular weight excluding hydrogens is 246 g/mol. The van der Waals surface area contributed by atoms with Crippen LogP contribution in [-0.4, -0.2) is 24.1 Å². The van der Waals surface area contributed by atoms with Crippen LogP contribution in [0.5, 0.6) is 5.75 Å². The Bertz CT molecular complexity index is 515. The Labute approximate surface area is 112 Å². The summed E-state index contributed by atoms with van der Waals surface area (Å²) in [5.74, 6) is -1.12. The van der Waals surface area contributed by atoms with Gasteiger partial charge >= 0.3 is 5.97 Å². The Balaban J connectivity index is 3.29. The fraction of sp³-hybridized carbons (Fsp3) is 0.429. The highest BCUT2D eigenvalue weighted by molar-refractivity contribution is 6.04. The minimum Gasteiger partial charge on any atom is -0.495 e. The number of ether oxygens (including phenoxy) is 1. The highest BCUT2D eigenvalue weighted by atomic mass is 16.5. The molecule has 0 aliphatic heterocycles. The number of rotatable bonds is 3. The zero-order valence-corrected chi connectivity index (χ0v) is 11.8. The van der Waals surface area contributed by atoms with Crippen LogP contribution in [0.2, 0.25) is 0 Å². The van der Waals surface area contributed by atoms with Gasteiger partial charge in [-0.3, -0.25) is 4.79 Å². The molecule has 0 radical (unpaired) electrons. The van der Waals surface area contributed by atoms with Crippen molar-refractivity contribution in [2.75, 3.05) is 12.4 Å². The summed E-state index contributed by atoms with van der Waals surface area (Å²) in [6.45, 7) is 7.03. The highest BCUT2D eigenvalue weighted by Gasteiger charge is 2.25. The van der Waals surface area contributed by atoms with E-state index in [2.05, 4.69) is 5.32 Å². The number of carboxylic acids is 1. The van der Waals surface area contributed by atoms with Crippen LogP contribution in [0, 0.1) is 12.3 Å². The van der Waals surface area contributed by atoms with Crippen LogP contribution >= 0.6 is 0 Å². The first-order chi connectivity index (χ1) is 8.68. The lowest BCUT2D eigenvalue weighted by atomic mass is 9.95.